The minimum Gasteiger partial charge on any atom is -0.490 e. The molecule has 0 spiro atoms. The average molecular weight is 312 g/mol. The van der Waals surface area contributed by atoms with Crippen molar-refractivity contribution in [2.24, 2.45) is 5.73 Å². The average Bonchev–Trinajstić information content (AvgIpc) is 2.47. The lowest BCUT2D eigenvalue weighted by molar-refractivity contribution is 0.217. The first-order valence-corrected chi connectivity index (χ1v) is 6.94. The molecule has 2 aromatic rings. The van der Waals surface area contributed by atoms with Crippen LogP contribution in [0.15, 0.2) is 42.5 Å². The van der Waals surface area contributed by atoms with Gasteiger partial charge in [0, 0.05) is 12.6 Å². The molecule has 5 heteroatoms. The fourth-order valence-electron chi connectivity index (χ4n) is 1.65. The van der Waals surface area contributed by atoms with Crippen LogP contribution in [0, 0.1) is 0 Å². The Morgan fingerprint density at radius 2 is 1.55 bits per heavy atom. The van der Waals surface area contributed by atoms with E-state index in [1.165, 1.54) is 0 Å². The van der Waals surface area contributed by atoms with Crippen molar-refractivity contribution in [3.05, 3.63) is 58.1 Å². The maximum atomic E-state index is 5.90. The summed E-state index contributed by atoms with van der Waals surface area (Å²) in [5.74, 6) is 1.45. The minimum absolute atomic E-state index is 0.421. The molecule has 0 amide bonds. The van der Waals surface area contributed by atoms with Crippen LogP contribution < -0.4 is 15.2 Å². The van der Waals surface area contributed by atoms with Gasteiger partial charge in [0.25, 0.3) is 0 Å². The molecule has 0 radical (unpaired) electrons. The fraction of sp³-hybridized carbons (Fsp3) is 0.200. The van der Waals surface area contributed by atoms with Crippen molar-refractivity contribution in [2.75, 3.05) is 13.2 Å². The number of nitrogens with two attached hydrogens (primary N) is 1. The number of hydrogen-bond acceptors (Lipinski definition) is 3. The number of hydrogen-bond donors (Lipinski definition) is 1. The van der Waals surface area contributed by atoms with E-state index in [-0.39, 0.29) is 0 Å². The highest BCUT2D eigenvalue weighted by Gasteiger charge is 2.01. The maximum Gasteiger partial charge on any atom is 0.122 e. The Morgan fingerprint density at radius 3 is 2.20 bits per heavy atom. The quantitative estimate of drug-likeness (QED) is 0.823. The molecule has 0 saturated carbocycles. The molecule has 0 saturated heterocycles. The third-order valence-electron chi connectivity index (χ3n) is 2.65. The zero-order valence-corrected chi connectivity index (χ0v) is 12.3. The van der Waals surface area contributed by atoms with Crippen LogP contribution in [-0.2, 0) is 6.54 Å². The Bertz CT molecular complexity index is 576. The lowest BCUT2D eigenvalue weighted by Crippen LogP contribution is -2.09. The second-order valence-electron chi connectivity index (χ2n) is 4.12. The van der Waals surface area contributed by atoms with Gasteiger partial charge >= 0.3 is 0 Å². The van der Waals surface area contributed by atoms with E-state index in [0.717, 1.165) is 11.3 Å². The molecule has 0 heterocycles. The molecule has 0 atom stereocenters. The lowest BCUT2D eigenvalue weighted by Gasteiger charge is -2.09. The van der Waals surface area contributed by atoms with Crippen molar-refractivity contribution in [3.63, 3.8) is 0 Å². The molecular weight excluding hydrogens is 297 g/mol. The molecular formula is C15H15Cl2NO2. The summed E-state index contributed by atoms with van der Waals surface area (Å²) in [5, 5.41) is 0.981. The molecule has 2 N–H and O–H groups in total. The van der Waals surface area contributed by atoms with E-state index in [1.54, 1.807) is 18.2 Å². The van der Waals surface area contributed by atoms with Crippen LogP contribution in [0.1, 0.15) is 5.56 Å². The third kappa shape index (κ3) is 4.30. The van der Waals surface area contributed by atoms with Crippen LogP contribution in [-0.4, -0.2) is 13.2 Å². The second kappa shape index (κ2) is 7.39. The number of halogens is 2. The van der Waals surface area contributed by atoms with Gasteiger partial charge in [0.15, 0.2) is 0 Å². The first-order valence-electron chi connectivity index (χ1n) is 6.18. The van der Waals surface area contributed by atoms with E-state index < -0.39 is 0 Å². The summed E-state index contributed by atoms with van der Waals surface area (Å²) in [6.07, 6.45) is 0. The summed E-state index contributed by atoms with van der Waals surface area (Å²) in [4.78, 5) is 0. The van der Waals surface area contributed by atoms with E-state index in [0.29, 0.717) is 35.6 Å². The zero-order chi connectivity index (χ0) is 14.4. The van der Waals surface area contributed by atoms with Crippen LogP contribution in [0.2, 0.25) is 10.0 Å². The molecule has 0 aromatic heterocycles. The highest BCUT2D eigenvalue weighted by molar-refractivity contribution is 6.42. The van der Waals surface area contributed by atoms with Gasteiger partial charge in [0.05, 0.1) is 10.0 Å². The van der Waals surface area contributed by atoms with Gasteiger partial charge in [-0.3, -0.25) is 0 Å². The largest absolute Gasteiger partial charge is 0.490 e. The first kappa shape index (κ1) is 15.0. The molecule has 0 aliphatic rings. The predicted octanol–water partition coefficient (Wildman–Crippen LogP) is 3.91. The fourth-order valence-corrected chi connectivity index (χ4v) is 1.94. The van der Waals surface area contributed by atoms with Gasteiger partial charge in [-0.1, -0.05) is 35.3 Å². The van der Waals surface area contributed by atoms with Crippen molar-refractivity contribution in [1.29, 1.82) is 0 Å². The highest BCUT2D eigenvalue weighted by Crippen LogP contribution is 2.26. The third-order valence-corrected chi connectivity index (χ3v) is 3.39. The van der Waals surface area contributed by atoms with Crippen LogP contribution in [0.25, 0.3) is 0 Å². The summed E-state index contributed by atoms with van der Waals surface area (Å²) >= 11 is 11.7. The zero-order valence-electron chi connectivity index (χ0n) is 10.8. The van der Waals surface area contributed by atoms with Crippen LogP contribution in [0.4, 0.5) is 0 Å². The number of ether oxygens (including phenoxy) is 2. The van der Waals surface area contributed by atoms with Gasteiger partial charge < -0.3 is 15.2 Å². The van der Waals surface area contributed by atoms with Crippen molar-refractivity contribution >= 4 is 23.2 Å². The molecule has 0 fully saturated rings. The number of rotatable bonds is 6. The molecule has 106 valence electrons. The summed E-state index contributed by atoms with van der Waals surface area (Å²) in [5.41, 5.74) is 6.61. The topological polar surface area (TPSA) is 44.5 Å². The standard InChI is InChI=1S/C15H15Cl2NO2/c16-14-5-4-13(9-15(14)17)20-7-6-19-12-3-1-2-11(8-12)10-18/h1-5,8-9H,6-7,10,18H2. The lowest BCUT2D eigenvalue weighted by atomic mass is 10.2. The Balaban J connectivity index is 1.79. The van der Waals surface area contributed by atoms with Crippen LogP contribution >= 0.6 is 23.2 Å². The molecule has 2 aromatic carbocycles. The van der Waals surface area contributed by atoms with Gasteiger partial charge in [0.1, 0.15) is 24.7 Å². The van der Waals surface area contributed by atoms with Gasteiger partial charge in [0.2, 0.25) is 0 Å². The normalized spacial score (nSPS) is 10.3. The Hall–Kier alpha value is -1.42. The van der Waals surface area contributed by atoms with E-state index in [4.69, 9.17) is 38.4 Å². The van der Waals surface area contributed by atoms with E-state index in [1.807, 2.05) is 24.3 Å². The summed E-state index contributed by atoms with van der Waals surface area (Å²) < 4.78 is 11.1. The number of benzene rings is 2. The minimum atomic E-state index is 0.421. The predicted molar refractivity (Wildman–Crippen MR) is 81.8 cm³/mol. The Morgan fingerprint density at radius 1 is 0.850 bits per heavy atom. The van der Waals surface area contributed by atoms with Crippen LogP contribution in [0.5, 0.6) is 11.5 Å². The Kier molecular flexibility index (Phi) is 5.53. The maximum absolute atomic E-state index is 5.90. The molecule has 0 aliphatic heterocycles. The summed E-state index contributed by atoms with van der Waals surface area (Å²) in [7, 11) is 0. The van der Waals surface area contributed by atoms with Crippen molar-refractivity contribution in [2.45, 2.75) is 6.54 Å². The van der Waals surface area contributed by atoms with E-state index in [9.17, 15) is 0 Å². The summed E-state index contributed by atoms with van der Waals surface area (Å²) in [6, 6.07) is 12.8. The SMILES string of the molecule is NCc1cccc(OCCOc2ccc(Cl)c(Cl)c2)c1. The molecule has 0 unspecified atom stereocenters. The smallest absolute Gasteiger partial charge is 0.122 e. The van der Waals surface area contributed by atoms with Crippen molar-refractivity contribution in [1.82, 2.24) is 0 Å². The van der Waals surface area contributed by atoms with Crippen molar-refractivity contribution < 1.29 is 9.47 Å². The molecule has 0 bridgehead atoms. The van der Waals surface area contributed by atoms with E-state index >= 15 is 0 Å². The molecule has 3 nitrogen and oxygen atoms in total. The molecule has 0 aliphatic carbocycles. The first-order chi connectivity index (χ1) is 9.69. The van der Waals surface area contributed by atoms with Gasteiger partial charge in [-0.25, -0.2) is 0 Å². The molecule has 20 heavy (non-hydrogen) atoms. The highest BCUT2D eigenvalue weighted by atomic mass is 35.5. The van der Waals surface area contributed by atoms with Crippen molar-refractivity contribution in [3.8, 4) is 11.5 Å². The molecule has 2 rings (SSSR count). The van der Waals surface area contributed by atoms with Gasteiger partial charge in [-0.2, -0.15) is 0 Å². The van der Waals surface area contributed by atoms with Crippen LogP contribution in [0.3, 0.4) is 0 Å². The Labute approximate surface area is 128 Å². The monoisotopic (exact) mass is 311 g/mol. The second-order valence-corrected chi connectivity index (χ2v) is 4.94. The van der Waals surface area contributed by atoms with Gasteiger partial charge in [-0.15, -0.1) is 0 Å². The van der Waals surface area contributed by atoms with E-state index in [2.05, 4.69) is 0 Å². The van der Waals surface area contributed by atoms with Gasteiger partial charge in [-0.05, 0) is 29.8 Å². The summed E-state index contributed by atoms with van der Waals surface area (Å²) in [6.45, 7) is 1.36.